The van der Waals surface area contributed by atoms with Crippen molar-refractivity contribution in [2.24, 2.45) is 5.92 Å². The van der Waals surface area contributed by atoms with E-state index in [1.807, 2.05) is 25.7 Å². The van der Waals surface area contributed by atoms with Crippen LogP contribution in [0.4, 0.5) is 0 Å². The van der Waals surface area contributed by atoms with Crippen LogP contribution in [-0.2, 0) is 16.6 Å². The molecule has 0 bridgehead atoms. The lowest BCUT2D eigenvalue weighted by molar-refractivity contribution is -0.131. The maximum atomic E-state index is 12.3. The Morgan fingerprint density at radius 2 is 2.10 bits per heavy atom. The van der Waals surface area contributed by atoms with Gasteiger partial charge in [-0.3, -0.25) is 4.79 Å². The third-order valence-corrected chi connectivity index (χ3v) is 4.06. The summed E-state index contributed by atoms with van der Waals surface area (Å²) < 4.78 is 5.24. The number of hydrogen-bond acceptors (Lipinski definition) is 4. The lowest BCUT2D eigenvalue weighted by Gasteiger charge is -2.20. The highest BCUT2D eigenvalue weighted by molar-refractivity contribution is 5.76. The van der Waals surface area contributed by atoms with E-state index in [0.29, 0.717) is 24.6 Å². The summed E-state index contributed by atoms with van der Waals surface area (Å²) in [6.07, 6.45) is 4.44. The summed E-state index contributed by atoms with van der Waals surface area (Å²) in [6.45, 7) is 10.2. The van der Waals surface area contributed by atoms with Gasteiger partial charge in [0.05, 0.1) is 0 Å². The first-order chi connectivity index (χ1) is 9.86. The van der Waals surface area contributed by atoms with E-state index >= 15 is 0 Å². The molecule has 1 aliphatic heterocycles. The molecule has 1 saturated heterocycles. The number of aryl methyl sites for hydroxylation is 1. The predicted octanol–water partition coefficient (Wildman–Crippen LogP) is 2.95. The third-order valence-electron chi connectivity index (χ3n) is 4.06. The van der Waals surface area contributed by atoms with Gasteiger partial charge in [-0.05, 0) is 25.2 Å². The van der Waals surface area contributed by atoms with Gasteiger partial charge in [-0.25, -0.2) is 0 Å². The van der Waals surface area contributed by atoms with Gasteiger partial charge in [-0.1, -0.05) is 32.9 Å². The van der Waals surface area contributed by atoms with Gasteiger partial charge < -0.3 is 9.42 Å². The van der Waals surface area contributed by atoms with Gasteiger partial charge in [0.25, 0.3) is 0 Å². The van der Waals surface area contributed by atoms with Crippen LogP contribution in [0.15, 0.2) is 4.52 Å². The first-order valence-corrected chi connectivity index (χ1v) is 7.97. The molecule has 1 fully saturated rings. The van der Waals surface area contributed by atoms with Gasteiger partial charge in [0.2, 0.25) is 11.8 Å². The SMILES string of the molecule is CC1CCCN(C(=O)CCc2nc(C(C)(C)C)no2)CC1. The number of hydrogen-bond donors (Lipinski definition) is 0. The normalized spacial score (nSPS) is 20.4. The average Bonchev–Trinajstić information content (AvgIpc) is 2.79. The minimum atomic E-state index is -0.118. The molecule has 5 nitrogen and oxygen atoms in total. The molecular formula is C16H27N3O2. The summed E-state index contributed by atoms with van der Waals surface area (Å²) in [6, 6.07) is 0. The fourth-order valence-corrected chi connectivity index (χ4v) is 2.55. The number of nitrogens with zero attached hydrogens (tertiary/aromatic N) is 3. The largest absolute Gasteiger partial charge is 0.343 e. The Morgan fingerprint density at radius 3 is 2.76 bits per heavy atom. The summed E-state index contributed by atoms with van der Waals surface area (Å²) in [7, 11) is 0. The molecular weight excluding hydrogens is 266 g/mol. The van der Waals surface area contributed by atoms with E-state index in [2.05, 4.69) is 17.1 Å². The topological polar surface area (TPSA) is 59.2 Å². The van der Waals surface area contributed by atoms with Gasteiger partial charge in [-0.15, -0.1) is 0 Å². The molecule has 1 aliphatic rings. The summed E-state index contributed by atoms with van der Waals surface area (Å²) in [5, 5.41) is 3.99. The Bertz CT molecular complexity index is 476. The Hall–Kier alpha value is -1.39. The lowest BCUT2D eigenvalue weighted by atomic mass is 9.96. The van der Waals surface area contributed by atoms with Crippen LogP contribution < -0.4 is 0 Å². The average molecular weight is 293 g/mol. The highest BCUT2D eigenvalue weighted by Gasteiger charge is 2.22. The second-order valence-corrected chi connectivity index (χ2v) is 7.18. The molecule has 1 aromatic heterocycles. The predicted molar refractivity (Wildman–Crippen MR) is 80.9 cm³/mol. The third kappa shape index (κ3) is 4.55. The molecule has 2 rings (SSSR count). The van der Waals surface area contributed by atoms with E-state index in [9.17, 15) is 4.79 Å². The van der Waals surface area contributed by atoms with Crippen molar-refractivity contribution in [1.82, 2.24) is 15.0 Å². The van der Waals surface area contributed by atoms with Gasteiger partial charge in [0.15, 0.2) is 5.82 Å². The van der Waals surface area contributed by atoms with Crippen molar-refractivity contribution in [2.45, 2.75) is 65.2 Å². The number of rotatable bonds is 3. The number of likely N-dealkylation sites (tertiary alicyclic amines) is 1. The highest BCUT2D eigenvalue weighted by Crippen LogP contribution is 2.20. The molecule has 1 amide bonds. The van der Waals surface area contributed by atoms with Crippen molar-refractivity contribution in [1.29, 1.82) is 0 Å². The molecule has 1 atom stereocenters. The monoisotopic (exact) mass is 293 g/mol. The van der Waals surface area contributed by atoms with Crippen LogP contribution in [0.1, 0.15) is 65.1 Å². The molecule has 21 heavy (non-hydrogen) atoms. The quantitative estimate of drug-likeness (QED) is 0.859. The summed E-state index contributed by atoms with van der Waals surface area (Å²) in [5.74, 6) is 2.21. The first-order valence-electron chi connectivity index (χ1n) is 7.97. The fraction of sp³-hybridized carbons (Fsp3) is 0.812. The van der Waals surface area contributed by atoms with Crippen LogP contribution >= 0.6 is 0 Å². The van der Waals surface area contributed by atoms with E-state index in [4.69, 9.17) is 4.52 Å². The number of amides is 1. The number of carbonyl (C=O) groups is 1. The molecule has 1 aromatic rings. The minimum Gasteiger partial charge on any atom is -0.343 e. The Morgan fingerprint density at radius 1 is 1.33 bits per heavy atom. The van der Waals surface area contributed by atoms with Crippen molar-refractivity contribution >= 4 is 5.91 Å². The van der Waals surface area contributed by atoms with E-state index in [1.165, 1.54) is 6.42 Å². The van der Waals surface area contributed by atoms with Crippen molar-refractivity contribution in [3.8, 4) is 0 Å². The summed E-state index contributed by atoms with van der Waals surface area (Å²) in [5.41, 5.74) is -0.118. The van der Waals surface area contributed by atoms with Crippen LogP contribution in [0.5, 0.6) is 0 Å². The zero-order chi connectivity index (χ0) is 15.5. The van der Waals surface area contributed by atoms with Crippen molar-refractivity contribution in [3.05, 3.63) is 11.7 Å². The first kappa shape index (κ1) is 16.0. The Labute approximate surface area is 127 Å². The molecule has 0 aromatic carbocycles. The zero-order valence-corrected chi connectivity index (χ0v) is 13.7. The van der Waals surface area contributed by atoms with Crippen molar-refractivity contribution in [3.63, 3.8) is 0 Å². The van der Waals surface area contributed by atoms with Gasteiger partial charge in [-0.2, -0.15) is 4.98 Å². The second kappa shape index (κ2) is 6.58. The molecule has 0 saturated carbocycles. The van der Waals surface area contributed by atoms with E-state index in [0.717, 1.165) is 31.8 Å². The van der Waals surface area contributed by atoms with E-state index in [-0.39, 0.29) is 11.3 Å². The maximum Gasteiger partial charge on any atom is 0.227 e. The van der Waals surface area contributed by atoms with E-state index < -0.39 is 0 Å². The molecule has 1 unspecified atom stereocenters. The minimum absolute atomic E-state index is 0.118. The molecule has 5 heteroatoms. The van der Waals surface area contributed by atoms with Crippen LogP contribution in [0.25, 0.3) is 0 Å². The number of aromatic nitrogens is 2. The van der Waals surface area contributed by atoms with Crippen LogP contribution in [0, 0.1) is 5.92 Å². The summed E-state index contributed by atoms with van der Waals surface area (Å²) >= 11 is 0. The van der Waals surface area contributed by atoms with E-state index in [1.54, 1.807) is 0 Å². The smallest absolute Gasteiger partial charge is 0.227 e. The molecule has 2 heterocycles. The van der Waals surface area contributed by atoms with Gasteiger partial charge in [0, 0.05) is 31.3 Å². The molecule has 0 N–H and O–H groups in total. The second-order valence-electron chi connectivity index (χ2n) is 7.18. The highest BCUT2D eigenvalue weighted by atomic mass is 16.5. The molecule has 0 radical (unpaired) electrons. The van der Waals surface area contributed by atoms with Gasteiger partial charge >= 0.3 is 0 Å². The van der Waals surface area contributed by atoms with Crippen LogP contribution in [0.2, 0.25) is 0 Å². The Kier molecular flexibility index (Phi) is 5.01. The van der Waals surface area contributed by atoms with Crippen molar-refractivity contribution < 1.29 is 9.32 Å². The van der Waals surface area contributed by atoms with Gasteiger partial charge in [0.1, 0.15) is 0 Å². The lowest BCUT2D eigenvalue weighted by Crippen LogP contribution is -2.32. The fourth-order valence-electron chi connectivity index (χ4n) is 2.55. The molecule has 0 aliphatic carbocycles. The number of carbonyl (C=O) groups excluding carboxylic acids is 1. The van der Waals surface area contributed by atoms with Crippen LogP contribution in [-0.4, -0.2) is 34.0 Å². The summed E-state index contributed by atoms with van der Waals surface area (Å²) in [4.78, 5) is 18.6. The molecule has 0 spiro atoms. The Balaban J connectivity index is 1.85. The zero-order valence-electron chi connectivity index (χ0n) is 13.7. The van der Waals surface area contributed by atoms with Crippen LogP contribution in [0.3, 0.4) is 0 Å². The maximum absolute atomic E-state index is 12.3. The standard InChI is InChI=1S/C16H27N3O2/c1-12-6-5-10-19(11-9-12)14(20)8-7-13-17-15(18-21-13)16(2,3)4/h12H,5-11H2,1-4H3. The van der Waals surface area contributed by atoms with Crippen molar-refractivity contribution in [2.75, 3.05) is 13.1 Å². The molecule has 118 valence electrons.